The molecule has 1 aromatic heterocycles. The van der Waals surface area contributed by atoms with Crippen LogP contribution in [0.25, 0.3) is 6.08 Å². The fourth-order valence-corrected chi connectivity index (χ4v) is 2.64. The number of halogens is 1. The Bertz CT molecular complexity index is 1090. The van der Waals surface area contributed by atoms with Crippen LogP contribution < -0.4 is 20.1 Å². The van der Waals surface area contributed by atoms with Crippen molar-refractivity contribution in [3.05, 3.63) is 84.4 Å². The van der Waals surface area contributed by atoms with Crippen molar-refractivity contribution in [1.29, 1.82) is 0 Å². The van der Waals surface area contributed by atoms with Crippen LogP contribution in [0.1, 0.15) is 12.5 Å². The predicted octanol–water partition coefficient (Wildman–Crippen LogP) is 4.18. The summed E-state index contributed by atoms with van der Waals surface area (Å²) < 4.78 is 25.0. The Labute approximate surface area is 184 Å². The molecule has 164 valence electrons. The summed E-state index contributed by atoms with van der Waals surface area (Å²) in [5, 5.41) is 5.15. The highest BCUT2D eigenvalue weighted by Crippen LogP contribution is 2.24. The third kappa shape index (κ3) is 6.94. The second-order valence-electron chi connectivity index (χ2n) is 6.54. The Morgan fingerprint density at radius 3 is 2.59 bits per heavy atom. The Hall–Kier alpha value is -4.20. The summed E-state index contributed by atoms with van der Waals surface area (Å²) in [7, 11) is 0. The molecule has 2 amide bonds. The van der Waals surface area contributed by atoms with E-state index >= 15 is 0 Å². The lowest BCUT2D eigenvalue weighted by Gasteiger charge is -2.07. The molecule has 0 atom stereocenters. The number of pyridine rings is 1. The van der Waals surface area contributed by atoms with Gasteiger partial charge in [0.2, 0.25) is 11.8 Å². The van der Waals surface area contributed by atoms with Gasteiger partial charge in [0.15, 0.2) is 11.6 Å². The summed E-state index contributed by atoms with van der Waals surface area (Å²) in [6, 6.07) is 14.6. The van der Waals surface area contributed by atoms with E-state index in [2.05, 4.69) is 15.6 Å². The molecule has 0 aliphatic rings. The van der Waals surface area contributed by atoms with Gasteiger partial charge in [0.05, 0.1) is 19.3 Å². The van der Waals surface area contributed by atoms with Crippen molar-refractivity contribution in [1.82, 2.24) is 10.3 Å². The number of amides is 2. The largest absolute Gasteiger partial charge is 0.494 e. The van der Waals surface area contributed by atoms with Gasteiger partial charge in [-0.1, -0.05) is 6.07 Å². The summed E-state index contributed by atoms with van der Waals surface area (Å²) in [5.41, 5.74) is 1.06. The van der Waals surface area contributed by atoms with E-state index in [9.17, 15) is 14.0 Å². The van der Waals surface area contributed by atoms with Gasteiger partial charge in [-0.15, -0.1) is 0 Å². The van der Waals surface area contributed by atoms with Crippen molar-refractivity contribution < 1.29 is 23.5 Å². The van der Waals surface area contributed by atoms with E-state index in [1.807, 2.05) is 6.92 Å². The van der Waals surface area contributed by atoms with Gasteiger partial charge >= 0.3 is 0 Å². The molecule has 1 heterocycles. The zero-order valence-corrected chi connectivity index (χ0v) is 17.4. The highest BCUT2D eigenvalue weighted by molar-refractivity contribution is 5.98. The van der Waals surface area contributed by atoms with E-state index in [1.54, 1.807) is 48.7 Å². The minimum absolute atomic E-state index is 0.0468. The summed E-state index contributed by atoms with van der Waals surface area (Å²) in [4.78, 5) is 27.9. The van der Waals surface area contributed by atoms with E-state index in [4.69, 9.17) is 9.47 Å². The first kappa shape index (κ1) is 22.5. The Balaban J connectivity index is 1.47. The molecule has 0 saturated carbocycles. The maximum atomic E-state index is 14.2. The van der Waals surface area contributed by atoms with E-state index in [0.717, 1.165) is 0 Å². The minimum Gasteiger partial charge on any atom is -0.494 e. The molecule has 0 saturated heterocycles. The van der Waals surface area contributed by atoms with Crippen molar-refractivity contribution in [2.45, 2.75) is 6.92 Å². The zero-order valence-electron chi connectivity index (χ0n) is 17.4. The predicted molar refractivity (Wildman–Crippen MR) is 119 cm³/mol. The van der Waals surface area contributed by atoms with E-state index in [-0.39, 0.29) is 18.2 Å². The average molecular weight is 435 g/mol. The number of rotatable bonds is 9. The molecule has 0 aliphatic heterocycles. The van der Waals surface area contributed by atoms with Crippen molar-refractivity contribution >= 4 is 23.6 Å². The van der Waals surface area contributed by atoms with Gasteiger partial charge in [-0.25, -0.2) is 4.39 Å². The molecule has 0 spiro atoms. The van der Waals surface area contributed by atoms with Crippen LogP contribution in [0.3, 0.4) is 0 Å². The van der Waals surface area contributed by atoms with Crippen LogP contribution in [0.4, 0.5) is 10.1 Å². The molecule has 0 fully saturated rings. The molecular weight excluding hydrogens is 413 g/mol. The molecule has 0 bridgehead atoms. The molecule has 0 radical (unpaired) electrons. The lowest BCUT2D eigenvalue weighted by Crippen LogP contribution is -2.31. The van der Waals surface area contributed by atoms with E-state index in [1.165, 1.54) is 30.5 Å². The van der Waals surface area contributed by atoms with Gasteiger partial charge in [-0.05, 0) is 67.1 Å². The number of anilines is 1. The van der Waals surface area contributed by atoms with Crippen LogP contribution in [-0.2, 0) is 9.59 Å². The van der Waals surface area contributed by atoms with Gasteiger partial charge in [0.1, 0.15) is 11.5 Å². The monoisotopic (exact) mass is 435 g/mol. The molecule has 0 aliphatic carbocycles. The second-order valence-corrected chi connectivity index (χ2v) is 6.54. The number of hydrogen-bond donors (Lipinski definition) is 2. The van der Waals surface area contributed by atoms with Crippen molar-refractivity contribution in [3.63, 3.8) is 0 Å². The van der Waals surface area contributed by atoms with Crippen LogP contribution in [0.2, 0.25) is 0 Å². The number of ether oxygens (including phenoxy) is 2. The third-order valence-electron chi connectivity index (χ3n) is 4.12. The average Bonchev–Trinajstić information content (AvgIpc) is 2.80. The van der Waals surface area contributed by atoms with E-state index in [0.29, 0.717) is 29.4 Å². The maximum absolute atomic E-state index is 14.2. The van der Waals surface area contributed by atoms with Gasteiger partial charge < -0.3 is 20.1 Å². The molecular formula is C24H22FN3O4. The highest BCUT2D eigenvalue weighted by atomic mass is 19.1. The number of nitrogens with one attached hydrogen (secondary N) is 2. The van der Waals surface area contributed by atoms with Gasteiger partial charge in [-0.2, -0.15) is 0 Å². The number of hydrogen-bond acceptors (Lipinski definition) is 5. The fourth-order valence-electron chi connectivity index (χ4n) is 2.64. The summed E-state index contributed by atoms with van der Waals surface area (Å²) in [6.07, 6.45) is 5.73. The first-order valence-corrected chi connectivity index (χ1v) is 9.89. The van der Waals surface area contributed by atoms with Crippen LogP contribution in [0, 0.1) is 5.82 Å². The van der Waals surface area contributed by atoms with Gasteiger partial charge in [0.25, 0.3) is 0 Å². The lowest BCUT2D eigenvalue weighted by molar-refractivity contribution is -0.121. The molecule has 7 nitrogen and oxygen atoms in total. The topological polar surface area (TPSA) is 89.6 Å². The minimum atomic E-state index is -0.578. The van der Waals surface area contributed by atoms with Gasteiger partial charge in [0, 0.05) is 18.0 Å². The van der Waals surface area contributed by atoms with Crippen LogP contribution in [-0.4, -0.2) is 29.9 Å². The van der Waals surface area contributed by atoms with Crippen molar-refractivity contribution in [3.8, 4) is 17.2 Å². The normalized spacial score (nSPS) is 10.6. The Kier molecular flexibility index (Phi) is 7.91. The molecule has 3 rings (SSSR count). The SMILES string of the molecule is CCOc1ccc(NC(=O)CNC(=O)/C=C/c2ccc(Oc3cccnc3)c(F)c2)cc1. The Morgan fingerprint density at radius 1 is 1.09 bits per heavy atom. The summed E-state index contributed by atoms with van der Waals surface area (Å²) in [5.74, 6) is -0.270. The third-order valence-corrected chi connectivity index (χ3v) is 4.12. The quantitative estimate of drug-likeness (QED) is 0.492. The number of nitrogens with zero attached hydrogens (tertiary/aromatic N) is 1. The first-order chi connectivity index (χ1) is 15.5. The highest BCUT2D eigenvalue weighted by Gasteiger charge is 2.07. The van der Waals surface area contributed by atoms with Gasteiger partial charge in [-0.3, -0.25) is 14.6 Å². The fraction of sp³-hybridized carbons (Fsp3) is 0.125. The molecule has 2 aromatic carbocycles. The summed E-state index contributed by atoms with van der Waals surface area (Å²) >= 11 is 0. The van der Waals surface area contributed by atoms with Crippen molar-refractivity contribution in [2.75, 3.05) is 18.5 Å². The van der Waals surface area contributed by atoms with Crippen LogP contribution in [0.5, 0.6) is 17.2 Å². The molecule has 8 heteroatoms. The number of carbonyl (C=O) groups excluding carboxylic acids is 2. The zero-order chi connectivity index (χ0) is 22.8. The second kappa shape index (κ2) is 11.3. The van der Waals surface area contributed by atoms with Crippen LogP contribution in [0.15, 0.2) is 73.1 Å². The maximum Gasteiger partial charge on any atom is 0.244 e. The van der Waals surface area contributed by atoms with Crippen molar-refractivity contribution in [2.24, 2.45) is 0 Å². The molecule has 32 heavy (non-hydrogen) atoms. The Morgan fingerprint density at radius 2 is 1.91 bits per heavy atom. The lowest BCUT2D eigenvalue weighted by atomic mass is 10.2. The smallest absolute Gasteiger partial charge is 0.244 e. The molecule has 3 aromatic rings. The summed E-state index contributed by atoms with van der Waals surface area (Å²) in [6.45, 7) is 2.24. The number of carbonyl (C=O) groups is 2. The number of benzene rings is 2. The van der Waals surface area contributed by atoms with Crippen LogP contribution >= 0.6 is 0 Å². The number of aromatic nitrogens is 1. The van der Waals surface area contributed by atoms with E-state index < -0.39 is 11.7 Å². The molecule has 0 unspecified atom stereocenters. The first-order valence-electron chi connectivity index (χ1n) is 9.89. The standard InChI is InChI=1S/C24H22FN3O4/c1-2-31-19-9-7-18(8-10-19)28-24(30)16-27-23(29)12-6-17-5-11-22(21(25)14-17)32-20-4-3-13-26-15-20/h3-15H,2,16H2,1H3,(H,27,29)(H,28,30)/b12-6+. The molecule has 2 N–H and O–H groups in total.